The Morgan fingerprint density at radius 1 is 1.26 bits per heavy atom. The van der Waals surface area contributed by atoms with Gasteiger partial charge in [0, 0.05) is 23.8 Å². The number of aryl methyl sites for hydroxylation is 1. The van der Waals surface area contributed by atoms with Gasteiger partial charge in [0.2, 0.25) is 0 Å². The molecule has 1 fully saturated rings. The van der Waals surface area contributed by atoms with E-state index in [0.717, 1.165) is 39.8 Å². The van der Waals surface area contributed by atoms with Gasteiger partial charge in [-0.2, -0.15) is 0 Å². The molecule has 0 bridgehead atoms. The molecule has 5 nitrogen and oxygen atoms in total. The number of nitrogens with one attached hydrogen (secondary N) is 1. The first-order valence-corrected chi connectivity index (χ1v) is 11.1. The van der Waals surface area contributed by atoms with Crippen molar-refractivity contribution < 1.29 is 4.79 Å². The monoisotopic (exact) mass is 418 g/mol. The predicted molar refractivity (Wildman–Crippen MR) is 115 cm³/mol. The van der Waals surface area contributed by atoms with Gasteiger partial charge >= 0.3 is 0 Å². The van der Waals surface area contributed by atoms with Gasteiger partial charge in [-0.05, 0) is 49.8 Å². The molecule has 0 atom stereocenters. The molecule has 3 aromatic rings. The van der Waals surface area contributed by atoms with E-state index in [4.69, 9.17) is 16.6 Å². The topological polar surface area (TPSA) is 58.1 Å². The maximum Gasteiger partial charge on any atom is 0.265 e. The number of carbonyl (C=O) groups is 1. The van der Waals surface area contributed by atoms with Gasteiger partial charge in [0.15, 0.2) is 5.16 Å². The van der Waals surface area contributed by atoms with Crippen molar-refractivity contribution in [2.24, 2.45) is 0 Å². The molecule has 0 unspecified atom stereocenters. The molecule has 2 aromatic heterocycles. The first kappa shape index (κ1) is 18.5. The molecule has 140 valence electrons. The molecule has 1 aliphatic heterocycles. The van der Waals surface area contributed by atoms with Crippen molar-refractivity contribution in [3.8, 4) is 0 Å². The molecule has 1 N–H and O–H groups in total. The molecule has 3 heterocycles. The fourth-order valence-electron chi connectivity index (χ4n) is 3.12. The Morgan fingerprint density at radius 3 is 2.74 bits per heavy atom. The van der Waals surface area contributed by atoms with Crippen molar-refractivity contribution in [1.82, 2.24) is 9.97 Å². The highest BCUT2D eigenvalue weighted by molar-refractivity contribution is 7.98. The molecular formula is C19H19ClN4OS2. The Kier molecular flexibility index (Phi) is 5.25. The van der Waals surface area contributed by atoms with Gasteiger partial charge in [-0.3, -0.25) is 4.79 Å². The number of anilines is 2. The number of rotatable bonds is 4. The van der Waals surface area contributed by atoms with Gasteiger partial charge in [-0.25, -0.2) is 9.97 Å². The van der Waals surface area contributed by atoms with E-state index in [1.54, 1.807) is 6.07 Å². The van der Waals surface area contributed by atoms with E-state index in [1.165, 1.54) is 35.9 Å². The molecule has 27 heavy (non-hydrogen) atoms. The van der Waals surface area contributed by atoms with Crippen molar-refractivity contribution in [3.63, 3.8) is 0 Å². The number of hydrogen-bond donors (Lipinski definition) is 1. The lowest BCUT2D eigenvalue weighted by atomic mass is 10.2. The zero-order valence-corrected chi connectivity index (χ0v) is 17.5. The molecule has 0 radical (unpaired) electrons. The molecule has 0 aliphatic carbocycles. The second-order valence-electron chi connectivity index (χ2n) is 6.48. The lowest BCUT2D eigenvalue weighted by Crippen LogP contribution is -2.19. The number of nitrogens with zero attached hydrogens (tertiary/aromatic N) is 3. The molecule has 8 heteroatoms. The van der Waals surface area contributed by atoms with Crippen molar-refractivity contribution in [3.05, 3.63) is 39.7 Å². The quantitative estimate of drug-likeness (QED) is 0.464. The molecule has 1 amide bonds. The Labute approximate surface area is 171 Å². The van der Waals surface area contributed by atoms with E-state index < -0.39 is 0 Å². The average molecular weight is 419 g/mol. The number of halogens is 1. The van der Waals surface area contributed by atoms with Crippen LogP contribution < -0.4 is 10.2 Å². The van der Waals surface area contributed by atoms with Crippen LogP contribution in [0.2, 0.25) is 5.02 Å². The van der Waals surface area contributed by atoms with Gasteiger partial charge in [-0.15, -0.1) is 11.3 Å². The molecule has 1 aliphatic rings. The average Bonchev–Trinajstić information content (AvgIpc) is 3.33. The van der Waals surface area contributed by atoms with E-state index in [-0.39, 0.29) is 5.91 Å². The van der Waals surface area contributed by atoms with E-state index in [0.29, 0.717) is 15.6 Å². The summed E-state index contributed by atoms with van der Waals surface area (Å²) < 4.78 is 0. The zero-order valence-electron chi connectivity index (χ0n) is 15.1. The largest absolute Gasteiger partial charge is 0.356 e. The highest BCUT2D eigenvalue weighted by Gasteiger charge is 2.21. The van der Waals surface area contributed by atoms with Crippen LogP contribution in [0, 0.1) is 6.92 Å². The second kappa shape index (κ2) is 7.66. The Balaban J connectivity index is 1.68. The van der Waals surface area contributed by atoms with Gasteiger partial charge in [0.1, 0.15) is 10.6 Å². The van der Waals surface area contributed by atoms with Crippen molar-refractivity contribution >= 4 is 62.3 Å². The molecule has 0 saturated carbocycles. The lowest BCUT2D eigenvalue weighted by Gasteiger charge is -2.17. The number of thioether (sulfide) groups is 1. The molecule has 1 aromatic carbocycles. The molecule has 4 rings (SSSR count). The maximum absolute atomic E-state index is 12.8. The van der Waals surface area contributed by atoms with Crippen LogP contribution in [0.4, 0.5) is 11.5 Å². The Morgan fingerprint density at radius 2 is 2.04 bits per heavy atom. The van der Waals surface area contributed by atoms with Crippen LogP contribution in [0.1, 0.15) is 28.1 Å². The maximum atomic E-state index is 12.8. The summed E-state index contributed by atoms with van der Waals surface area (Å²) in [6.45, 7) is 3.93. The van der Waals surface area contributed by atoms with Crippen LogP contribution in [0.3, 0.4) is 0 Å². The highest BCUT2D eigenvalue weighted by atomic mass is 35.5. The predicted octanol–water partition coefficient (Wildman–Crippen LogP) is 5.23. The SMILES string of the molecule is CSc1nc(N2CCCC2)c2cc(C(=O)Nc3ccc(C)c(Cl)c3)sc2n1. The highest BCUT2D eigenvalue weighted by Crippen LogP contribution is 2.34. The Bertz CT molecular complexity index is 1010. The fraction of sp³-hybridized carbons (Fsp3) is 0.316. The van der Waals surface area contributed by atoms with Gasteiger partial charge in [-0.1, -0.05) is 29.4 Å². The number of aromatic nitrogens is 2. The van der Waals surface area contributed by atoms with Crippen molar-refractivity contribution in [1.29, 1.82) is 0 Å². The van der Waals surface area contributed by atoms with Gasteiger partial charge in [0.25, 0.3) is 5.91 Å². The zero-order chi connectivity index (χ0) is 19.0. The van der Waals surface area contributed by atoms with Crippen LogP contribution in [0.15, 0.2) is 29.4 Å². The number of fused-ring (bicyclic) bond motifs is 1. The van der Waals surface area contributed by atoms with E-state index in [2.05, 4.69) is 15.2 Å². The fourth-order valence-corrected chi connectivity index (χ4v) is 4.64. The molecule has 0 spiro atoms. The minimum Gasteiger partial charge on any atom is -0.356 e. The number of benzene rings is 1. The summed E-state index contributed by atoms with van der Waals surface area (Å²) in [5, 5.41) is 5.25. The summed E-state index contributed by atoms with van der Waals surface area (Å²) >= 11 is 9.08. The summed E-state index contributed by atoms with van der Waals surface area (Å²) in [6.07, 6.45) is 4.31. The van der Waals surface area contributed by atoms with E-state index in [9.17, 15) is 4.79 Å². The van der Waals surface area contributed by atoms with Crippen molar-refractivity contribution in [2.45, 2.75) is 24.9 Å². The molecular weight excluding hydrogens is 400 g/mol. The summed E-state index contributed by atoms with van der Waals surface area (Å²) in [7, 11) is 0. The lowest BCUT2D eigenvalue weighted by molar-refractivity contribution is 0.103. The number of amides is 1. The standard InChI is InChI=1S/C19H19ClN4OS2/c1-11-5-6-12(9-14(11)20)21-17(25)15-10-13-16(24-7-3-4-8-24)22-19(26-2)23-18(13)27-15/h5-6,9-10H,3-4,7-8H2,1-2H3,(H,21,25). The smallest absolute Gasteiger partial charge is 0.265 e. The van der Waals surface area contributed by atoms with Crippen molar-refractivity contribution in [2.75, 3.05) is 29.6 Å². The minimum atomic E-state index is -0.156. The summed E-state index contributed by atoms with van der Waals surface area (Å²) in [4.78, 5) is 25.8. The third-order valence-electron chi connectivity index (χ3n) is 4.59. The van der Waals surface area contributed by atoms with Crippen LogP contribution in [-0.2, 0) is 0 Å². The minimum absolute atomic E-state index is 0.156. The summed E-state index contributed by atoms with van der Waals surface area (Å²) in [5.74, 6) is 0.784. The number of carbonyl (C=O) groups excluding carboxylic acids is 1. The normalized spacial score (nSPS) is 14.1. The second-order valence-corrected chi connectivity index (χ2v) is 8.69. The van der Waals surface area contributed by atoms with Crippen LogP contribution >= 0.6 is 34.7 Å². The Hall–Kier alpha value is -1.83. The van der Waals surface area contributed by atoms with Crippen LogP contribution in [0.25, 0.3) is 10.2 Å². The number of thiophene rings is 1. The third kappa shape index (κ3) is 3.77. The first-order chi connectivity index (χ1) is 13.0. The van der Waals surface area contributed by atoms with Gasteiger partial charge < -0.3 is 10.2 Å². The summed E-state index contributed by atoms with van der Waals surface area (Å²) in [6, 6.07) is 7.42. The van der Waals surface area contributed by atoms with Crippen LogP contribution in [0.5, 0.6) is 0 Å². The molecule has 1 saturated heterocycles. The van der Waals surface area contributed by atoms with E-state index in [1.807, 2.05) is 31.4 Å². The summed E-state index contributed by atoms with van der Waals surface area (Å²) in [5.41, 5.74) is 1.66. The van der Waals surface area contributed by atoms with Crippen LogP contribution in [-0.4, -0.2) is 35.2 Å². The van der Waals surface area contributed by atoms with Gasteiger partial charge in [0.05, 0.1) is 10.3 Å². The van der Waals surface area contributed by atoms with E-state index >= 15 is 0 Å². The third-order valence-corrected chi connectivity index (χ3v) is 6.58. The first-order valence-electron chi connectivity index (χ1n) is 8.73. The number of hydrogen-bond acceptors (Lipinski definition) is 6.